The molecule has 3 N–H and O–H groups in total. The number of hydrogen-bond donors (Lipinski definition) is 3. The first-order valence-electron chi connectivity index (χ1n) is 10.9. The van der Waals surface area contributed by atoms with E-state index in [0.717, 1.165) is 25.9 Å². The second-order valence-corrected chi connectivity index (χ2v) is 9.79. The number of pyridine rings is 1. The van der Waals surface area contributed by atoms with Gasteiger partial charge in [0.1, 0.15) is 11.6 Å². The number of aromatic hydroxyl groups is 1. The summed E-state index contributed by atoms with van der Waals surface area (Å²) < 4.78 is 0. The third-order valence-electron chi connectivity index (χ3n) is 6.49. The third-order valence-corrected chi connectivity index (χ3v) is 6.93. The largest absolute Gasteiger partial charge is 0.506 e. The quantitative estimate of drug-likeness (QED) is 0.541. The molecule has 2 aromatic rings. The van der Waals surface area contributed by atoms with Crippen LogP contribution < -0.4 is 10.6 Å². The van der Waals surface area contributed by atoms with Gasteiger partial charge in [-0.2, -0.15) is 0 Å². The molecule has 8 nitrogen and oxygen atoms in total. The zero-order valence-electron chi connectivity index (χ0n) is 18.4. The van der Waals surface area contributed by atoms with Gasteiger partial charge in [-0.15, -0.1) is 0 Å². The molecule has 0 bridgehead atoms. The topological polar surface area (TPSA) is 97.8 Å². The van der Waals surface area contributed by atoms with Crippen molar-refractivity contribution in [2.24, 2.45) is 5.41 Å². The molecule has 176 valence electrons. The molecule has 2 aliphatic heterocycles. The van der Waals surface area contributed by atoms with Crippen LogP contribution in [-0.2, 0) is 0 Å². The number of halogens is 2. The lowest BCUT2D eigenvalue weighted by Crippen LogP contribution is -2.50. The number of aromatic nitrogens is 1. The lowest BCUT2D eigenvalue weighted by Gasteiger charge is -2.46. The Balaban J connectivity index is 1.47. The van der Waals surface area contributed by atoms with Crippen LogP contribution in [0.5, 0.6) is 5.75 Å². The van der Waals surface area contributed by atoms with Gasteiger partial charge < -0.3 is 25.5 Å². The minimum atomic E-state index is -0.569. The number of benzene rings is 1. The van der Waals surface area contributed by atoms with Crippen molar-refractivity contribution in [3.63, 3.8) is 0 Å². The molecule has 3 amide bonds. The van der Waals surface area contributed by atoms with Gasteiger partial charge in [-0.05, 0) is 62.9 Å². The highest BCUT2D eigenvalue weighted by Crippen LogP contribution is 2.40. The number of amides is 3. The number of anilines is 2. The fourth-order valence-corrected chi connectivity index (χ4v) is 5.09. The van der Waals surface area contributed by atoms with Crippen LogP contribution in [-0.4, -0.2) is 65.1 Å². The van der Waals surface area contributed by atoms with Gasteiger partial charge >= 0.3 is 6.03 Å². The van der Waals surface area contributed by atoms with Crippen molar-refractivity contribution in [2.75, 3.05) is 43.9 Å². The molecule has 0 atom stereocenters. The standard InChI is InChI=1S/C23H27Cl2N5O3/c1-29-8-2-5-23(14-29)6-9-30(10-7-23)22(33)28-20-17(11-16(25)12-18(20)31)21(32)27-19-4-3-15(24)13-26-19/h3-4,11-13,31H,2,5-10,14H2,1H3,(H,28,33)(H,26,27,32). The first-order valence-corrected chi connectivity index (χ1v) is 11.7. The maximum atomic E-state index is 13.0. The van der Waals surface area contributed by atoms with Gasteiger partial charge in [0.05, 0.1) is 16.3 Å². The normalized spacial score (nSPS) is 18.2. The SMILES string of the molecule is CN1CCCC2(CCN(C(=O)Nc3c(O)cc(Cl)cc3C(=O)Nc3ccc(Cl)cn3)CC2)C1. The molecular formula is C23H27Cl2N5O3. The highest BCUT2D eigenvalue weighted by Gasteiger charge is 2.38. The van der Waals surface area contributed by atoms with Gasteiger partial charge in [0.15, 0.2) is 0 Å². The van der Waals surface area contributed by atoms with E-state index in [-0.39, 0.29) is 39.3 Å². The van der Waals surface area contributed by atoms with Crippen LogP contribution in [0.4, 0.5) is 16.3 Å². The lowest BCUT2D eigenvalue weighted by molar-refractivity contribution is 0.0470. The van der Waals surface area contributed by atoms with Crippen LogP contribution in [0.25, 0.3) is 0 Å². The Morgan fingerprint density at radius 1 is 1.06 bits per heavy atom. The third kappa shape index (κ3) is 5.51. The first-order chi connectivity index (χ1) is 15.7. The zero-order valence-corrected chi connectivity index (χ0v) is 19.9. The second-order valence-electron chi connectivity index (χ2n) is 8.92. The number of nitrogens with one attached hydrogen (secondary N) is 2. The molecule has 2 saturated heterocycles. The number of piperidine rings is 2. The molecule has 3 heterocycles. The van der Waals surface area contributed by atoms with Crippen molar-refractivity contribution in [3.05, 3.63) is 46.1 Å². The van der Waals surface area contributed by atoms with Crippen molar-refractivity contribution in [2.45, 2.75) is 25.7 Å². The van der Waals surface area contributed by atoms with Crippen molar-refractivity contribution in [1.82, 2.24) is 14.8 Å². The number of phenolic OH excluding ortho intramolecular Hbond substituents is 1. The van der Waals surface area contributed by atoms with Crippen LogP contribution in [0.15, 0.2) is 30.5 Å². The van der Waals surface area contributed by atoms with E-state index in [2.05, 4.69) is 27.6 Å². The Morgan fingerprint density at radius 3 is 2.48 bits per heavy atom. The van der Waals surface area contributed by atoms with Gasteiger partial charge in [0, 0.05) is 36.9 Å². The summed E-state index contributed by atoms with van der Waals surface area (Å²) in [6.45, 7) is 3.44. The van der Waals surface area contributed by atoms with Crippen molar-refractivity contribution in [3.8, 4) is 5.75 Å². The Kier molecular flexibility index (Phi) is 6.97. The van der Waals surface area contributed by atoms with E-state index in [0.29, 0.717) is 18.1 Å². The van der Waals surface area contributed by atoms with Crippen molar-refractivity contribution in [1.29, 1.82) is 0 Å². The van der Waals surface area contributed by atoms with Gasteiger partial charge in [0.2, 0.25) is 0 Å². The molecule has 2 fully saturated rings. The van der Waals surface area contributed by atoms with Crippen molar-refractivity contribution < 1.29 is 14.7 Å². The summed E-state index contributed by atoms with van der Waals surface area (Å²) in [5.41, 5.74) is 0.309. The number of rotatable bonds is 3. The smallest absolute Gasteiger partial charge is 0.321 e. The lowest BCUT2D eigenvalue weighted by atomic mass is 9.72. The fourth-order valence-electron chi connectivity index (χ4n) is 4.77. The summed E-state index contributed by atoms with van der Waals surface area (Å²) >= 11 is 11.9. The minimum Gasteiger partial charge on any atom is -0.506 e. The molecule has 33 heavy (non-hydrogen) atoms. The molecule has 0 saturated carbocycles. The molecule has 1 aromatic carbocycles. The second kappa shape index (κ2) is 9.75. The number of carbonyl (C=O) groups excluding carboxylic acids is 2. The molecule has 1 aromatic heterocycles. The number of urea groups is 1. The van der Waals surface area contributed by atoms with Crippen LogP contribution in [0.2, 0.25) is 10.0 Å². The van der Waals surface area contributed by atoms with Crippen LogP contribution >= 0.6 is 23.2 Å². The molecule has 0 unspecified atom stereocenters. The monoisotopic (exact) mass is 491 g/mol. The van der Waals surface area contributed by atoms with E-state index in [4.69, 9.17) is 23.2 Å². The van der Waals surface area contributed by atoms with E-state index >= 15 is 0 Å². The maximum absolute atomic E-state index is 13.0. The number of phenols is 1. The summed E-state index contributed by atoms with van der Waals surface area (Å²) in [6, 6.07) is 5.47. The van der Waals surface area contributed by atoms with Crippen molar-refractivity contribution >= 4 is 46.6 Å². The summed E-state index contributed by atoms with van der Waals surface area (Å²) in [6.07, 6.45) is 5.65. The number of hydrogen-bond acceptors (Lipinski definition) is 5. The predicted octanol–water partition coefficient (Wildman–Crippen LogP) is 4.69. The number of nitrogens with zero attached hydrogens (tertiary/aromatic N) is 3. The van der Waals surface area contributed by atoms with E-state index in [1.807, 2.05) is 0 Å². The molecule has 0 aliphatic carbocycles. The van der Waals surface area contributed by atoms with Gasteiger partial charge in [-0.25, -0.2) is 9.78 Å². The molecule has 10 heteroatoms. The number of likely N-dealkylation sites (tertiary alicyclic amines) is 2. The average Bonchev–Trinajstić information content (AvgIpc) is 2.77. The first kappa shape index (κ1) is 23.6. The molecule has 1 spiro atoms. The van der Waals surface area contributed by atoms with Crippen LogP contribution in [0.1, 0.15) is 36.0 Å². The van der Waals surface area contributed by atoms with E-state index in [9.17, 15) is 14.7 Å². The Bertz CT molecular complexity index is 1040. The summed E-state index contributed by atoms with van der Waals surface area (Å²) in [5, 5.41) is 16.4. The van der Waals surface area contributed by atoms with Crippen LogP contribution in [0.3, 0.4) is 0 Å². The summed E-state index contributed by atoms with van der Waals surface area (Å²) in [5.74, 6) is -0.576. The average molecular weight is 492 g/mol. The molecule has 4 rings (SSSR count). The summed E-state index contributed by atoms with van der Waals surface area (Å²) in [4.78, 5) is 34.0. The maximum Gasteiger partial charge on any atom is 0.321 e. The van der Waals surface area contributed by atoms with E-state index < -0.39 is 5.91 Å². The minimum absolute atomic E-state index is 0.00792. The highest BCUT2D eigenvalue weighted by atomic mass is 35.5. The molecular weight excluding hydrogens is 465 g/mol. The highest BCUT2D eigenvalue weighted by molar-refractivity contribution is 6.31. The fraction of sp³-hybridized carbons (Fsp3) is 0.435. The van der Waals surface area contributed by atoms with Crippen LogP contribution in [0, 0.1) is 5.41 Å². The van der Waals surface area contributed by atoms with Gasteiger partial charge in [0.25, 0.3) is 5.91 Å². The Labute approximate surface area is 202 Å². The number of carbonyl (C=O) groups is 2. The Morgan fingerprint density at radius 2 is 1.82 bits per heavy atom. The Hall–Kier alpha value is -2.55. The zero-order chi connectivity index (χ0) is 23.6. The van der Waals surface area contributed by atoms with Gasteiger partial charge in [-0.3, -0.25) is 4.79 Å². The van der Waals surface area contributed by atoms with Gasteiger partial charge in [-0.1, -0.05) is 23.2 Å². The molecule has 0 radical (unpaired) electrons. The van der Waals surface area contributed by atoms with E-state index in [1.165, 1.54) is 31.2 Å². The van der Waals surface area contributed by atoms with E-state index in [1.54, 1.807) is 17.0 Å². The molecule has 2 aliphatic rings. The predicted molar refractivity (Wildman–Crippen MR) is 129 cm³/mol. The summed E-state index contributed by atoms with van der Waals surface area (Å²) in [7, 11) is 2.15.